The fourth-order valence-electron chi connectivity index (χ4n) is 1.44. The Labute approximate surface area is 109 Å². The Hall–Kier alpha value is -1.92. The number of thiophene rings is 1. The molecule has 0 unspecified atom stereocenters. The zero-order valence-electron chi connectivity index (χ0n) is 9.84. The van der Waals surface area contributed by atoms with Gasteiger partial charge in [0, 0.05) is 16.6 Å². The molecule has 0 radical (unpaired) electrons. The Morgan fingerprint density at radius 3 is 3.11 bits per heavy atom. The predicted octanol–water partition coefficient (Wildman–Crippen LogP) is 1.63. The van der Waals surface area contributed by atoms with Gasteiger partial charge in [-0.15, -0.1) is 11.3 Å². The van der Waals surface area contributed by atoms with Crippen LogP contribution in [0.15, 0.2) is 30.6 Å². The summed E-state index contributed by atoms with van der Waals surface area (Å²) in [7, 11) is 0. The second kappa shape index (κ2) is 5.61. The van der Waals surface area contributed by atoms with Gasteiger partial charge in [-0.1, -0.05) is 0 Å². The average molecular weight is 263 g/mol. The lowest BCUT2D eigenvalue weighted by Gasteiger charge is -2.04. The molecule has 0 aliphatic carbocycles. The van der Waals surface area contributed by atoms with Crippen LogP contribution in [0.25, 0.3) is 0 Å². The Morgan fingerprint density at radius 2 is 2.44 bits per heavy atom. The molecule has 2 rings (SSSR count). The third-order valence-electron chi connectivity index (χ3n) is 2.40. The van der Waals surface area contributed by atoms with E-state index in [0.717, 1.165) is 10.4 Å². The molecule has 5 nitrogen and oxygen atoms in total. The first-order valence-corrected chi connectivity index (χ1v) is 6.15. The van der Waals surface area contributed by atoms with Gasteiger partial charge >= 0.3 is 0 Å². The van der Waals surface area contributed by atoms with Crippen molar-refractivity contribution in [3.63, 3.8) is 0 Å². The van der Waals surface area contributed by atoms with E-state index in [0.29, 0.717) is 17.2 Å². The minimum absolute atomic E-state index is 0.282. The van der Waals surface area contributed by atoms with E-state index in [2.05, 4.69) is 10.4 Å². The number of carbonyl (C=O) groups excluding carboxylic acids is 1. The van der Waals surface area contributed by atoms with Crippen LogP contribution in [0.4, 0.5) is 0 Å². The zero-order valence-corrected chi connectivity index (χ0v) is 10.7. The number of nitrogens with two attached hydrogens (primary N) is 1. The molecule has 2 heterocycles. The standard InChI is InChI=1S/C12H13N3O2S/c1-8-9(5-11(18-8)12(16)15-13)7-17-10-3-2-4-14-6-10/h2-6H,7,13H2,1H3,(H,15,16). The second-order valence-corrected chi connectivity index (χ2v) is 4.90. The lowest BCUT2D eigenvalue weighted by Crippen LogP contribution is -2.29. The summed E-state index contributed by atoms with van der Waals surface area (Å²) in [4.78, 5) is 17.0. The van der Waals surface area contributed by atoms with Gasteiger partial charge in [0.05, 0.1) is 11.1 Å². The molecule has 6 heteroatoms. The molecular weight excluding hydrogens is 250 g/mol. The van der Waals surface area contributed by atoms with Crippen LogP contribution < -0.4 is 16.0 Å². The zero-order chi connectivity index (χ0) is 13.0. The SMILES string of the molecule is Cc1sc(C(=O)NN)cc1COc1cccnc1. The van der Waals surface area contributed by atoms with Crippen molar-refractivity contribution in [3.05, 3.63) is 45.9 Å². The predicted molar refractivity (Wildman–Crippen MR) is 69.3 cm³/mol. The molecule has 94 valence electrons. The van der Waals surface area contributed by atoms with E-state index in [1.807, 2.05) is 19.1 Å². The number of aromatic nitrogens is 1. The minimum atomic E-state index is -0.282. The summed E-state index contributed by atoms with van der Waals surface area (Å²) in [6.07, 6.45) is 3.33. The van der Waals surface area contributed by atoms with Crippen LogP contribution in [0.5, 0.6) is 5.75 Å². The van der Waals surface area contributed by atoms with Crippen molar-refractivity contribution in [3.8, 4) is 5.75 Å². The van der Waals surface area contributed by atoms with Crippen LogP contribution in [0.3, 0.4) is 0 Å². The van der Waals surface area contributed by atoms with Crippen LogP contribution in [-0.2, 0) is 6.61 Å². The molecule has 18 heavy (non-hydrogen) atoms. The molecule has 0 fully saturated rings. The fourth-order valence-corrected chi connectivity index (χ4v) is 2.37. The van der Waals surface area contributed by atoms with Crippen molar-refractivity contribution in [2.45, 2.75) is 13.5 Å². The van der Waals surface area contributed by atoms with Crippen molar-refractivity contribution < 1.29 is 9.53 Å². The summed E-state index contributed by atoms with van der Waals surface area (Å²) >= 11 is 1.39. The van der Waals surface area contributed by atoms with Crippen molar-refractivity contribution in [1.82, 2.24) is 10.4 Å². The van der Waals surface area contributed by atoms with Gasteiger partial charge in [-0.25, -0.2) is 5.84 Å². The first-order chi connectivity index (χ1) is 8.70. The summed E-state index contributed by atoms with van der Waals surface area (Å²) < 4.78 is 5.58. The van der Waals surface area contributed by atoms with Crippen LogP contribution >= 0.6 is 11.3 Å². The largest absolute Gasteiger partial charge is 0.487 e. The van der Waals surface area contributed by atoms with E-state index in [-0.39, 0.29) is 5.91 Å². The number of hydrogen-bond donors (Lipinski definition) is 2. The van der Waals surface area contributed by atoms with Crippen LogP contribution in [0, 0.1) is 6.92 Å². The number of pyridine rings is 1. The molecule has 1 amide bonds. The van der Waals surface area contributed by atoms with Crippen molar-refractivity contribution in [2.24, 2.45) is 5.84 Å². The monoisotopic (exact) mass is 263 g/mol. The summed E-state index contributed by atoms with van der Waals surface area (Å²) in [5.74, 6) is 5.52. The molecule has 0 saturated carbocycles. The van der Waals surface area contributed by atoms with Gasteiger partial charge in [0.1, 0.15) is 12.4 Å². The van der Waals surface area contributed by atoms with E-state index in [9.17, 15) is 4.79 Å². The molecule has 0 aliphatic heterocycles. The third kappa shape index (κ3) is 2.85. The van der Waals surface area contributed by atoms with Gasteiger partial charge in [-0.05, 0) is 25.1 Å². The topological polar surface area (TPSA) is 77.2 Å². The van der Waals surface area contributed by atoms with Gasteiger partial charge in [-0.2, -0.15) is 0 Å². The normalized spacial score (nSPS) is 10.1. The number of nitrogen functional groups attached to an aromatic ring is 1. The van der Waals surface area contributed by atoms with Crippen LogP contribution in [0.2, 0.25) is 0 Å². The number of amides is 1. The molecular formula is C12H13N3O2S. The summed E-state index contributed by atoms with van der Waals surface area (Å²) in [5, 5.41) is 0. The third-order valence-corrected chi connectivity index (χ3v) is 3.50. The Bertz CT molecular complexity index is 540. The highest BCUT2D eigenvalue weighted by Gasteiger charge is 2.11. The maximum absolute atomic E-state index is 11.4. The molecule has 3 N–H and O–H groups in total. The Kier molecular flexibility index (Phi) is 3.91. The molecule has 0 saturated heterocycles. The highest BCUT2D eigenvalue weighted by Crippen LogP contribution is 2.22. The quantitative estimate of drug-likeness (QED) is 0.499. The number of ether oxygens (including phenoxy) is 1. The fraction of sp³-hybridized carbons (Fsp3) is 0.167. The average Bonchev–Trinajstić information content (AvgIpc) is 2.78. The summed E-state index contributed by atoms with van der Waals surface area (Å²) in [6.45, 7) is 2.35. The summed E-state index contributed by atoms with van der Waals surface area (Å²) in [5.41, 5.74) is 3.09. The number of hydrogen-bond acceptors (Lipinski definition) is 5. The van der Waals surface area contributed by atoms with Crippen molar-refractivity contribution in [2.75, 3.05) is 0 Å². The van der Waals surface area contributed by atoms with Gasteiger partial charge < -0.3 is 4.74 Å². The first kappa shape index (κ1) is 12.5. The minimum Gasteiger partial charge on any atom is -0.487 e. The van der Waals surface area contributed by atoms with Gasteiger partial charge in [-0.3, -0.25) is 15.2 Å². The molecule has 2 aromatic heterocycles. The molecule has 0 atom stereocenters. The maximum Gasteiger partial charge on any atom is 0.275 e. The lowest BCUT2D eigenvalue weighted by atomic mass is 10.2. The van der Waals surface area contributed by atoms with Crippen LogP contribution in [0.1, 0.15) is 20.1 Å². The number of nitrogens with one attached hydrogen (secondary N) is 1. The smallest absolute Gasteiger partial charge is 0.275 e. The van der Waals surface area contributed by atoms with Crippen LogP contribution in [-0.4, -0.2) is 10.9 Å². The van der Waals surface area contributed by atoms with Gasteiger partial charge in [0.2, 0.25) is 0 Å². The highest BCUT2D eigenvalue weighted by atomic mass is 32.1. The number of rotatable bonds is 4. The number of nitrogens with zero attached hydrogens (tertiary/aromatic N) is 1. The number of aryl methyl sites for hydroxylation is 1. The number of carbonyl (C=O) groups is 1. The maximum atomic E-state index is 11.4. The van der Waals surface area contributed by atoms with Gasteiger partial charge in [0.25, 0.3) is 5.91 Å². The highest BCUT2D eigenvalue weighted by molar-refractivity contribution is 7.14. The van der Waals surface area contributed by atoms with E-state index >= 15 is 0 Å². The van der Waals surface area contributed by atoms with E-state index in [1.165, 1.54) is 11.3 Å². The lowest BCUT2D eigenvalue weighted by molar-refractivity contribution is 0.0957. The molecule has 2 aromatic rings. The Morgan fingerprint density at radius 1 is 1.61 bits per heavy atom. The van der Waals surface area contributed by atoms with Crippen molar-refractivity contribution in [1.29, 1.82) is 0 Å². The first-order valence-electron chi connectivity index (χ1n) is 5.34. The molecule has 0 spiro atoms. The van der Waals surface area contributed by atoms with E-state index in [4.69, 9.17) is 10.6 Å². The van der Waals surface area contributed by atoms with Crippen molar-refractivity contribution >= 4 is 17.2 Å². The van der Waals surface area contributed by atoms with E-state index in [1.54, 1.807) is 18.5 Å². The molecule has 0 aliphatic rings. The van der Waals surface area contributed by atoms with E-state index < -0.39 is 0 Å². The number of hydrazine groups is 1. The second-order valence-electron chi connectivity index (χ2n) is 3.64. The Balaban J connectivity index is 2.06. The molecule has 0 aromatic carbocycles. The molecule has 0 bridgehead atoms. The summed E-state index contributed by atoms with van der Waals surface area (Å²) in [6, 6.07) is 5.43. The van der Waals surface area contributed by atoms with Gasteiger partial charge in [0.15, 0.2) is 0 Å².